The van der Waals surface area contributed by atoms with E-state index in [1.54, 1.807) is 7.11 Å². The lowest BCUT2D eigenvalue weighted by Crippen LogP contribution is -2.46. The normalized spacial score (nSPS) is 15.6. The Kier molecular flexibility index (Phi) is 4.20. The standard InChI is InChI=1S/C14H20N2O2/c1-3-11-10-12(18-2)4-5-13(11)14(17)16-8-6-15-7-9-16/h4-5,10,15H,3,6-9H2,1-2H3. The molecule has 0 radical (unpaired) electrons. The predicted octanol–water partition coefficient (Wildman–Crippen LogP) is 1.30. The molecule has 4 nitrogen and oxygen atoms in total. The Bertz CT molecular complexity index is 426. The SMILES string of the molecule is CCc1cc(OC)ccc1C(=O)N1CCNCC1. The number of carbonyl (C=O) groups is 1. The van der Waals surface area contributed by atoms with Crippen LogP contribution >= 0.6 is 0 Å². The van der Waals surface area contributed by atoms with Crippen LogP contribution in [0.15, 0.2) is 18.2 Å². The second-order valence-electron chi connectivity index (χ2n) is 4.42. The summed E-state index contributed by atoms with van der Waals surface area (Å²) in [4.78, 5) is 14.4. The number of hydrogen-bond donors (Lipinski definition) is 1. The van der Waals surface area contributed by atoms with Crippen molar-refractivity contribution in [3.8, 4) is 5.75 Å². The molecule has 0 aromatic heterocycles. The van der Waals surface area contributed by atoms with Crippen molar-refractivity contribution in [1.29, 1.82) is 0 Å². The number of piperazine rings is 1. The largest absolute Gasteiger partial charge is 0.497 e. The monoisotopic (exact) mass is 248 g/mol. The zero-order valence-electron chi connectivity index (χ0n) is 11.0. The minimum Gasteiger partial charge on any atom is -0.497 e. The Labute approximate surface area is 108 Å². The summed E-state index contributed by atoms with van der Waals surface area (Å²) in [6.07, 6.45) is 0.838. The van der Waals surface area contributed by atoms with Gasteiger partial charge in [-0.3, -0.25) is 4.79 Å². The van der Waals surface area contributed by atoms with Gasteiger partial charge in [0.2, 0.25) is 0 Å². The Morgan fingerprint density at radius 3 is 2.72 bits per heavy atom. The van der Waals surface area contributed by atoms with E-state index >= 15 is 0 Å². The van der Waals surface area contributed by atoms with E-state index in [0.29, 0.717) is 0 Å². The van der Waals surface area contributed by atoms with Gasteiger partial charge in [0.05, 0.1) is 7.11 Å². The fraction of sp³-hybridized carbons (Fsp3) is 0.500. The summed E-state index contributed by atoms with van der Waals surface area (Å²) in [7, 11) is 1.65. The molecule has 1 saturated heterocycles. The van der Waals surface area contributed by atoms with Crippen LogP contribution in [0, 0.1) is 0 Å². The van der Waals surface area contributed by atoms with Gasteiger partial charge in [0.15, 0.2) is 0 Å². The molecule has 1 fully saturated rings. The van der Waals surface area contributed by atoms with Gasteiger partial charge in [-0.25, -0.2) is 0 Å². The van der Waals surface area contributed by atoms with E-state index in [-0.39, 0.29) is 5.91 Å². The molecular formula is C14H20N2O2. The highest BCUT2D eigenvalue weighted by Crippen LogP contribution is 2.20. The molecule has 0 spiro atoms. The van der Waals surface area contributed by atoms with Crippen molar-refractivity contribution in [2.24, 2.45) is 0 Å². The van der Waals surface area contributed by atoms with Gasteiger partial charge in [0.25, 0.3) is 5.91 Å². The number of hydrogen-bond acceptors (Lipinski definition) is 3. The Morgan fingerprint density at radius 2 is 2.11 bits per heavy atom. The average molecular weight is 248 g/mol. The second kappa shape index (κ2) is 5.87. The number of nitrogens with zero attached hydrogens (tertiary/aromatic N) is 1. The van der Waals surface area contributed by atoms with Crippen LogP contribution in [-0.4, -0.2) is 44.1 Å². The van der Waals surface area contributed by atoms with E-state index < -0.39 is 0 Å². The zero-order chi connectivity index (χ0) is 13.0. The Hall–Kier alpha value is -1.55. The molecule has 0 unspecified atom stereocenters. The fourth-order valence-corrected chi connectivity index (χ4v) is 2.24. The van der Waals surface area contributed by atoms with Gasteiger partial charge in [-0.05, 0) is 30.2 Å². The summed E-state index contributed by atoms with van der Waals surface area (Å²) in [5.41, 5.74) is 1.86. The highest BCUT2D eigenvalue weighted by Gasteiger charge is 2.20. The van der Waals surface area contributed by atoms with Crippen LogP contribution in [0.4, 0.5) is 0 Å². The molecule has 1 aliphatic rings. The van der Waals surface area contributed by atoms with Crippen LogP contribution < -0.4 is 10.1 Å². The Morgan fingerprint density at radius 1 is 1.39 bits per heavy atom. The van der Waals surface area contributed by atoms with Crippen LogP contribution in [0.5, 0.6) is 5.75 Å². The van der Waals surface area contributed by atoms with E-state index in [0.717, 1.165) is 49.5 Å². The third-order valence-corrected chi connectivity index (χ3v) is 3.33. The number of rotatable bonds is 3. The number of benzene rings is 1. The zero-order valence-corrected chi connectivity index (χ0v) is 11.0. The van der Waals surface area contributed by atoms with Crippen molar-refractivity contribution < 1.29 is 9.53 Å². The lowest BCUT2D eigenvalue weighted by molar-refractivity contribution is 0.0734. The molecule has 1 aliphatic heterocycles. The summed E-state index contributed by atoms with van der Waals surface area (Å²) in [5, 5.41) is 3.25. The third kappa shape index (κ3) is 2.64. The van der Waals surface area contributed by atoms with Gasteiger partial charge >= 0.3 is 0 Å². The van der Waals surface area contributed by atoms with Gasteiger partial charge in [0, 0.05) is 31.7 Å². The maximum absolute atomic E-state index is 12.4. The molecule has 2 rings (SSSR count). The quantitative estimate of drug-likeness (QED) is 0.876. The number of nitrogens with one attached hydrogen (secondary N) is 1. The third-order valence-electron chi connectivity index (χ3n) is 3.33. The lowest BCUT2D eigenvalue weighted by atomic mass is 10.0. The molecule has 0 saturated carbocycles. The van der Waals surface area contributed by atoms with Gasteiger partial charge < -0.3 is 15.0 Å². The molecule has 0 aliphatic carbocycles. The summed E-state index contributed by atoms with van der Waals surface area (Å²) < 4.78 is 5.20. The highest BCUT2D eigenvalue weighted by atomic mass is 16.5. The van der Waals surface area contributed by atoms with E-state index in [4.69, 9.17) is 4.74 Å². The first kappa shape index (κ1) is 12.9. The van der Waals surface area contributed by atoms with Gasteiger partial charge in [-0.2, -0.15) is 0 Å². The van der Waals surface area contributed by atoms with E-state index in [1.165, 1.54) is 0 Å². The van der Waals surface area contributed by atoms with Crippen molar-refractivity contribution in [1.82, 2.24) is 10.2 Å². The first-order valence-corrected chi connectivity index (χ1v) is 6.43. The minimum absolute atomic E-state index is 0.135. The summed E-state index contributed by atoms with van der Waals surface area (Å²) >= 11 is 0. The number of aryl methyl sites for hydroxylation is 1. The van der Waals surface area contributed by atoms with Crippen LogP contribution in [0.25, 0.3) is 0 Å². The molecule has 1 aromatic carbocycles. The van der Waals surface area contributed by atoms with Gasteiger partial charge in [-0.15, -0.1) is 0 Å². The van der Waals surface area contributed by atoms with Crippen molar-refractivity contribution >= 4 is 5.91 Å². The number of amides is 1. The fourth-order valence-electron chi connectivity index (χ4n) is 2.24. The molecule has 1 aromatic rings. The predicted molar refractivity (Wildman–Crippen MR) is 71.1 cm³/mol. The number of carbonyl (C=O) groups excluding carboxylic acids is 1. The van der Waals surface area contributed by atoms with Gasteiger partial charge in [0.1, 0.15) is 5.75 Å². The van der Waals surface area contributed by atoms with Crippen molar-refractivity contribution in [3.63, 3.8) is 0 Å². The molecule has 1 N–H and O–H groups in total. The smallest absolute Gasteiger partial charge is 0.254 e. The van der Waals surface area contributed by atoms with Crippen molar-refractivity contribution in [3.05, 3.63) is 29.3 Å². The first-order valence-electron chi connectivity index (χ1n) is 6.43. The lowest BCUT2D eigenvalue weighted by Gasteiger charge is -2.28. The van der Waals surface area contributed by atoms with Crippen LogP contribution in [0.1, 0.15) is 22.8 Å². The summed E-state index contributed by atoms with van der Waals surface area (Å²) in [5.74, 6) is 0.944. The molecule has 98 valence electrons. The van der Waals surface area contributed by atoms with E-state index in [2.05, 4.69) is 12.2 Å². The molecule has 0 bridgehead atoms. The maximum atomic E-state index is 12.4. The van der Waals surface area contributed by atoms with Crippen LogP contribution in [0.3, 0.4) is 0 Å². The molecule has 18 heavy (non-hydrogen) atoms. The van der Waals surface area contributed by atoms with Crippen molar-refractivity contribution in [2.75, 3.05) is 33.3 Å². The van der Waals surface area contributed by atoms with E-state index in [1.807, 2.05) is 23.1 Å². The number of ether oxygens (including phenoxy) is 1. The molecule has 4 heteroatoms. The molecular weight excluding hydrogens is 228 g/mol. The highest BCUT2D eigenvalue weighted by molar-refractivity contribution is 5.96. The molecule has 1 amide bonds. The topological polar surface area (TPSA) is 41.6 Å². The molecule has 0 atom stereocenters. The van der Waals surface area contributed by atoms with Gasteiger partial charge in [-0.1, -0.05) is 6.92 Å². The maximum Gasteiger partial charge on any atom is 0.254 e. The first-order chi connectivity index (χ1) is 8.76. The summed E-state index contributed by atoms with van der Waals surface area (Å²) in [6.45, 7) is 5.39. The van der Waals surface area contributed by atoms with E-state index in [9.17, 15) is 4.79 Å². The van der Waals surface area contributed by atoms with Crippen LogP contribution in [0.2, 0.25) is 0 Å². The average Bonchev–Trinajstić information content (AvgIpc) is 2.46. The number of methoxy groups -OCH3 is 1. The second-order valence-corrected chi connectivity index (χ2v) is 4.42. The Balaban J connectivity index is 2.23. The minimum atomic E-state index is 0.135. The molecule has 1 heterocycles. The summed E-state index contributed by atoms with van der Waals surface area (Å²) in [6, 6.07) is 5.69. The van der Waals surface area contributed by atoms with Crippen LogP contribution in [-0.2, 0) is 6.42 Å². The van der Waals surface area contributed by atoms with Crippen molar-refractivity contribution in [2.45, 2.75) is 13.3 Å².